The van der Waals surface area contributed by atoms with E-state index >= 15 is 0 Å². The number of methoxy groups -OCH3 is 1. The van der Waals surface area contributed by atoms with Gasteiger partial charge in [-0.05, 0) is 55.2 Å². The number of thioether (sulfide) groups is 1. The van der Waals surface area contributed by atoms with E-state index in [1.807, 2.05) is 37.4 Å². The van der Waals surface area contributed by atoms with Crippen LogP contribution < -0.4 is 14.8 Å². The van der Waals surface area contributed by atoms with Gasteiger partial charge >= 0.3 is 0 Å². The van der Waals surface area contributed by atoms with Crippen molar-refractivity contribution in [2.24, 2.45) is 0 Å². The highest BCUT2D eigenvalue weighted by Gasteiger charge is 2.25. The second kappa shape index (κ2) is 10.5. The molecule has 1 atom stereocenters. The minimum atomic E-state index is -3.78. The van der Waals surface area contributed by atoms with Crippen molar-refractivity contribution in [1.29, 1.82) is 0 Å². The molecule has 1 amide bonds. The predicted molar refractivity (Wildman–Crippen MR) is 113 cm³/mol. The third-order valence-corrected chi connectivity index (χ3v) is 6.31. The van der Waals surface area contributed by atoms with Crippen molar-refractivity contribution in [3.63, 3.8) is 0 Å². The lowest BCUT2D eigenvalue weighted by Gasteiger charge is -2.18. The maximum Gasteiger partial charge on any atom is 0.241 e. The summed E-state index contributed by atoms with van der Waals surface area (Å²) in [6, 6.07) is 13.0. The largest absolute Gasteiger partial charge is 0.497 e. The van der Waals surface area contributed by atoms with Crippen LogP contribution in [0.15, 0.2) is 53.4 Å². The number of rotatable bonds is 10. The lowest BCUT2D eigenvalue weighted by molar-refractivity contribution is -0.122. The van der Waals surface area contributed by atoms with E-state index in [4.69, 9.17) is 4.74 Å². The average molecular weight is 423 g/mol. The number of carbonyl (C=O) groups is 1. The minimum Gasteiger partial charge on any atom is -0.497 e. The van der Waals surface area contributed by atoms with Crippen molar-refractivity contribution in [3.8, 4) is 5.75 Å². The second-order valence-electron chi connectivity index (χ2n) is 6.33. The van der Waals surface area contributed by atoms with Gasteiger partial charge in [0, 0.05) is 6.54 Å². The van der Waals surface area contributed by atoms with Crippen LogP contribution in [0, 0.1) is 6.92 Å². The van der Waals surface area contributed by atoms with Gasteiger partial charge < -0.3 is 10.1 Å². The topological polar surface area (TPSA) is 84.5 Å². The number of benzene rings is 2. The zero-order valence-electron chi connectivity index (χ0n) is 16.3. The second-order valence-corrected chi connectivity index (χ2v) is 9.03. The van der Waals surface area contributed by atoms with Crippen molar-refractivity contribution in [3.05, 3.63) is 59.7 Å². The molecule has 0 aliphatic heterocycles. The van der Waals surface area contributed by atoms with Crippen molar-refractivity contribution >= 4 is 27.7 Å². The molecule has 0 aliphatic rings. The van der Waals surface area contributed by atoms with Gasteiger partial charge in [0.2, 0.25) is 15.9 Å². The number of nitrogens with one attached hydrogen (secondary N) is 2. The smallest absolute Gasteiger partial charge is 0.241 e. The molecule has 8 heteroatoms. The van der Waals surface area contributed by atoms with Gasteiger partial charge in [0.05, 0.1) is 12.0 Å². The molecule has 0 aliphatic carbocycles. The van der Waals surface area contributed by atoms with Gasteiger partial charge in [0.15, 0.2) is 0 Å². The van der Waals surface area contributed by atoms with Crippen LogP contribution in [0.3, 0.4) is 0 Å². The first-order chi connectivity index (χ1) is 13.4. The Hall–Kier alpha value is -2.03. The lowest BCUT2D eigenvalue weighted by atomic mass is 10.2. The van der Waals surface area contributed by atoms with Gasteiger partial charge in [-0.3, -0.25) is 4.79 Å². The van der Waals surface area contributed by atoms with Crippen LogP contribution in [0.5, 0.6) is 5.75 Å². The SMILES string of the molecule is COc1ccc(CNC(=O)C(CCSC)NS(=O)(=O)c2ccc(C)cc2)cc1. The first-order valence-corrected chi connectivity index (χ1v) is 11.7. The summed E-state index contributed by atoms with van der Waals surface area (Å²) in [5, 5.41) is 2.81. The van der Waals surface area contributed by atoms with Crippen molar-refractivity contribution in [1.82, 2.24) is 10.0 Å². The molecule has 0 saturated heterocycles. The maximum absolute atomic E-state index is 12.7. The van der Waals surface area contributed by atoms with Gasteiger partial charge in [-0.25, -0.2) is 8.42 Å². The van der Waals surface area contributed by atoms with Gasteiger partial charge in [0.25, 0.3) is 0 Å². The standard InChI is InChI=1S/C20H26N2O4S2/c1-15-4-10-18(11-5-15)28(24,25)22-19(12-13-27-3)20(23)21-14-16-6-8-17(26-2)9-7-16/h4-11,19,22H,12-14H2,1-3H3,(H,21,23). The summed E-state index contributed by atoms with van der Waals surface area (Å²) >= 11 is 1.56. The molecule has 0 radical (unpaired) electrons. The summed E-state index contributed by atoms with van der Waals surface area (Å²) < 4.78 is 33.0. The Bertz CT molecular complexity index is 866. The van der Waals surface area contributed by atoms with Gasteiger partial charge in [-0.15, -0.1) is 0 Å². The summed E-state index contributed by atoms with van der Waals surface area (Å²) in [6.07, 6.45) is 2.32. The van der Waals surface area contributed by atoms with E-state index in [9.17, 15) is 13.2 Å². The molecule has 1 unspecified atom stereocenters. The molecule has 2 rings (SSSR count). The third-order valence-electron chi connectivity index (χ3n) is 4.18. The Morgan fingerprint density at radius 2 is 1.75 bits per heavy atom. The number of hydrogen-bond acceptors (Lipinski definition) is 5. The highest BCUT2D eigenvalue weighted by molar-refractivity contribution is 7.98. The predicted octanol–water partition coefficient (Wildman–Crippen LogP) is 2.72. The Kier molecular flexibility index (Phi) is 8.35. The van der Waals surface area contributed by atoms with Gasteiger partial charge in [-0.1, -0.05) is 29.8 Å². The number of sulfonamides is 1. The molecule has 0 bridgehead atoms. The highest BCUT2D eigenvalue weighted by Crippen LogP contribution is 2.13. The molecule has 6 nitrogen and oxygen atoms in total. The summed E-state index contributed by atoms with van der Waals surface area (Å²) in [5.74, 6) is 1.05. The summed E-state index contributed by atoms with van der Waals surface area (Å²) in [7, 11) is -2.19. The third kappa shape index (κ3) is 6.54. The summed E-state index contributed by atoms with van der Waals surface area (Å²) in [6.45, 7) is 2.20. The van der Waals surface area contributed by atoms with E-state index in [0.29, 0.717) is 18.7 Å². The average Bonchev–Trinajstić information content (AvgIpc) is 2.70. The summed E-state index contributed by atoms with van der Waals surface area (Å²) in [4.78, 5) is 12.8. The molecule has 0 heterocycles. The first-order valence-electron chi connectivity index (χ1n) is 8.84. The molecule has 28 heavy (non-hydrogen) atoms. The fourth-order valence-corrected chi connectivity index (χ4v) is 4.21. The quantitative estimate of drug-likeness (QED) is 0.615. The van der Waals surface area contributed by atoms with Crippen LogP contribution in [0.25, 0.3) is 0 Å². The van der Waals surface area contributed by atoms with Crippen molar-refractivity contribution < 1.29 is 17.9 Å². The van der Waals surface area contributed by atoms with E-state index in [2.05, 4.69) is 10.0 Å². The van der Waals surface area contributed by atoms with Crippen LogP contribution in [0.2, 0.25) is 0 Å². The number of ether oxygens (including phenoxy) is 1. The molecule has 2 N–H and O–H groups in total. The van der Waals surface area contributed by atoms with E-state index in [0.717, 1.165) is 16.9 Å². The van der Waals surface area contributed by atoms with Crippen LogP contribution in [-0.4, -0.2) is 39.5 Å². The zero-order chi connectivity index (χ0) is 20.6. The highest BCUT2D eigenvalue weighted by atomic mass is 32.2. The Labute approximate surface area is 171 Å². The molecular formula is C20H26N2O4S2. The molecular weight excluding hydrogens is 396 g/mol. The van der Waals surface area contributed by atoms with Crippen LogP contribution >= 0.6 is 11.8 Å². The van der Waals surface area contributed by atoms with Crippen LogP contribution in [-0.2, 0) is 21.4 Å². The Morgan fingerprint density at radius 3 is 2.32 bits per heavy atom. The minimum absolute atomic E-state index is 0.148. The molecule has 2 aromatic rings. The van der Waals surface area contributed by atoms with Crippen LogP contribution in [0.4, 0.5) is 0 Å². The molecule has 0 spiro atoms. The Morgan fingerprint density at radius 1 is 1.11 bits per heavy atom. The van der Waals surface area contributed by atoms with E-state index in [-0.39, 0.29) is 10.8 Å². The number of carbonyl (C=O) groups excluding carboxylic acids is 1. The summed E-state index contributed by atoms with van der Waals surface area (Å²) in [5.41, 5.74) is 1.87. The normalized spacial score (nSPS) is 12.4. The number of hydrogen-bond donors (Lipinski definition) is 2. The zero-order valence-corrected chi connectivity index (χ0v) is 17.9. The lowest BCUT2D eigenvalue weighted by Crippen LogP contribution is -2.46. The Balaban J connectivity index is 2.06. The van der Waals surface area contributed by atoms with E-state index in [1.165, 1.54) is 0 Å². The van der Waals surface area contributed by atoms with Crippen molar-refractivity contribution in [2.75, 3.05) is 19.1 Å². The molecule has 0 fully saturated rings. The van der Waals surface area contributed by atoms with E-state index < -0.39 is 16.1 Å². The molecule has 2 aromatic carbocycles. The molecule has 0 saturated carbocycles. The fraction of sp³-hybridized carbons (Fsp3) is 0.350. The number of amides is 1. The molecule has 152 valence electrons. The number of aryl methyl sites for hydroxylation is 1. The monoisotopic (exact) mass is 422 g/mol. The maximum atomic E-state index is 12.7. The van der Waals surface area contributed by atoms with Gasteiger partial charge in [0.1, 0.15) is 11.8 Å². The van der Waals surface area contributed by atoms with Gasteiger partial charge in [-0.2, -0.15) is 16.5 Å². The van der Waals surface area contributed by atoms with Crippen molar-refractivity contribution in [2.45, 2.75) is 30.8 Å². The first kappa shape index (κ1) is 22.3. The van der Waals surface area contributed by atoms with Crippen LogP contribution in [0.1, 0.15) is 17.5 Å². The molecule has 0 aromatic heterocycles. The fourth-order valence-electron chi connectivity index (χ4n) is 2.51. The van der Waals surface area contributed by atoms with E-state index in [1.54, 1.807) is 43.1 Å².